The lowest BCUT2D eigenvalue weighted by molar-refractivity contribution is 0.230. The lowest BCUT2D eigenvalue weighted by Gasteiger charge is -2.03. The zero-order chi connectivity index (χ0) is 6.57. The number of alkyl halides is 2. The van der Waals surface area contributed by atoms with Crippen LogP contribution in [0.5, 0.6) is 0 Å². The SMILES string of the molecule is N#C[C@H](O)[C@@H](Cl)CCl. The van der Waals surface area contributed by atoms with E-state index < -0.39 is 11.5 Å². The highest BCUT2D eigenvalue weighted by atomic mass is 35.5. The van der Waals surface area contributed by atoms with E-state index in [-0.39, 0.29) is 5.88 Å². The Balaban J connectivity index is 3.49. The number of halogens is 2. The molecule has 0 spiro atoms. The van der Waals surface area contributed by atoms with E-state index in [0.29, 0.717) is 0 Å². The van der Waals surface area contributed by atoms with Gasteiger partial charge in [0.25, 0.3) is 0 Å². The Morgan fingerprint density at radius 1 is 1.75 bits per heavy atom. The molecule has 1 N–H and O–H groups in total. The van der Waals surface area contributed by atoms with Crippen molar-refractivity contribution in [1.82, 2.24) is 0 Å². The van der Waals surface area contributed by atoms with Crippen molar-refractivity contribution in [2.24, 2.45) is 0 Å². The number of hydrogen-bond acceptors (Lipinski definition) is 2. The summed E-state index contributed by atoms with van der Waals surface area (Å²) in [7, 11) is 0. The minimum atomic E-state index is -1.14. The second-order valence-electron chi connectivity index (χ2n) is 1.24. The molecule has 0 aromatic rings. The van der Waals surface area contributed by atoms with E-state index in [4.69, 9.17) is 33.6 Å². The van der Waals surface area contributed by atoms with E-state index in [2.05, 4.69) is 0 Å². The minimum Gasteiger partial charge on any atom is -0.377 e. The monoisotopic (exact) mass is 153 g/mol. The van der Waals surface area contributed by atoms with Gasteiger partial charge in [0.15, 0.2) is 6.10 Å². The van der Waals surface area contributed by atoms with Gasteiger partial charge in [-0.15, -0.1) is 23.2 Å². The van der Waals surface area contributed by atoms with Crippen molar-refractivity contribution in [1.29, 1.82) is 5.26 Å². The van der Waals surface area contributed by atoms with Gasteiger partial charge >= 0.3 is 0 Å². The van der Waals surface area contributed by atoms with Crippen molar-refractivity contribution in [2.75, 3.05) is 5.88 Å². The summed E-state index contributed by atoms with van der Waals surface area (Å²) in [5, 5.41) is 15.9. The molecule has 0 unspecified atom stereocenters. The standard InChI is InChI=1S/C4H5Cl2NO/c5-1-3(6)4(8)2-7/h3-4,8H,1H2/t3-,4-/m0/s1. The molecule has 0 bridgehead atoms. The molecular weight excluding hydrogens is 149 g/mol. The summed E-state index contributed by atoms with van der Waals surface area (Å²) in [6.45, 7) is 0. The van der Waals surface area contributed by atoms with E-state index in [0.717, 1.165) is 0 Å². The Kier molecular flexibility index (Phi) is 3.98. The third kappa shape index (κ3) is 2.37. The second-order valence-corrected chi connectivity index (χ2v) is 2.11. The average molecular weight is 154 g/mol. The van der Waals surface area contributed by atoms with Gasteiger partial charge in [-0.25, -0.2) is 0 Å². The first-order chi connectivity index (χ1) is 3.72. The third-order valence-electron chi connectivity index (χ3n) is 0.622. The van der Waals surface area contributed by atoms with Gasteiger partial charge in [0.1, 0.15) is 0 Å². The molecule has 0 aliphatic carbocycles. The fourth-order valence-electron chi connectivity index (χ4n) is 0.165. The highest BCUT2D eigenvalue weighted by Gasteiger charge is 2.12. The Labute approximate surface area is 57.6 Å². The first-order valence-corrected chi connectivity index (χ1v) is 2.97. The van der Waals surface area contributed by atoms with Crippen molar-refractivity contribution in [2.45, 2.75) is 11.5 Å². The fourth-order valence-corrected chi connectivity index (χ4v) is 0.390. The summed E-state index contributed by atoms with van der Waals surface area (Å²) >= 11 is 10.5. The predicted molar refractivity (Wildman–Crippen MR) is 32.0 cm³/mol. The minimum absolute atomic E-state index is 0.0935. The van der Waals surface area contributed by atoms with E-state index in [1.807, 2.05) is 0 Å². The van der Waals surface area contributed by atoms with E-state index in [1.165, 1.54) is 0 Å². The molecule has 0 fully saturated rings. The molecule has 8 heavy (non-hydrogen) atoms. The number of nitrogens with zero attached hydrogens (tertiary/aromatic N) is 1. The number of rotatable bonds is 2. The first-order valence-electron chi connectivity index (χ1n) is 2.00. The van der Waals surface area contributed by atoms with Gasteiger partial charge in [0, 0.05) is 5.88 Å². The fraction of sp³-hybridized carbons (Fsp3) is 0.750. The van der Waals surface area contributed by atoms with Crippen LogP contribution in [0.1, 0.15) is 0 Å². The second kappa shape index (κ2) is 3.96. The van der Waals surface area contributed by atoms with Crippen molar-refractivity contribution >= 4 is 23.2 Å². The molecular formula is C4H5Cl2NO. The van der Waals surface area contributed by atoms with Crippen LogP contribution >= 0.6 is 23.2 Å². The molecule has 0 saturated carbocycles. The van der Waals surface area contributed by atoms with Crippen LogP contribution < -0.4 is 0 Å². The van der Waals surface area contributed by atoms with E-state index >= 15 is 0 Å². The maximum atomic E-state index is 8.55. The predicted octanol–water partition coefficient (Wildman–Crippen LogP) is 0.717. The molecule has 0 heterocycles. The Morgan fingerprint density at radius 3 is 2.38 bits per heavy atom. The number of hydrogen-bond donors (Lipinski definition) is 1. The molecule has 2 atom stereocenters. The Bertz CT molecular complexity index is 101. The van der Waals surface area contributed by atoms with Crippen LogP contribution in [0.3, 0.4) is 0 Å². The van der Waals surface area contributed by atoms with Crippen molar-refractivity contribution in [3.63, 3.8) is 0 Å². The summed E-state index contributed by atoms with van der Waals surface area (Å²) in [6, 6.07) is 1.55. The zero-order valence-corrected chi connectivity index (χ0v) is 5.52. The number of aliphatic hydroxyl groups excluding tert-OH is 1. The smallest absolute Gasteiger partial charge is 0.157 e. The molecule has 0 aromatic carbocycles. The molecule has 46 valence electrons. The lowest BCUT2D eigenvalue weighted by atomic mass is 10.3. The summed E-state index contributed by atoms with van der Waals surface area (Å²) in [5.41, 5.74) is 0. The Morgan fingerprint density at radius 2 is 2.25 bits per heavy atom. The molecule has 0 rings (SSSR count). The van der Waals surface area contributed by atoms with Gasteiger partial charge in [-0.2, -0.15) is 5.26 Å². The normalized spacial score (nSPS) is 16.8. The quantitative estimate of drug-likeness (QED) is 0.470. The topological polar surface area (TPSA) is 44.0 Å². The van der Waals surface area contributed by atoms with Gasteiger partial charge in [-0.1, -0.05) is 0 Å². The number of nitriles is 1. The molecule has 0 amide bonds. The van der Waals surface area contributed by atoms with Crippen molar-refractivity contribution in [3.8, 4) is 6.07 Å². The van der Waals surface area contributed by atoms with Gasteiger partial charge in [-0.3, -0.25) is 0 Å². The maximum Gasteiger partial charge on any atom is 0.157 e. The van der Waals surface area contributed by atoms with Gasteiger partial charge < -0.3 is 5.11 Å². The summed E-state index contributed by atoms with van der Waals surface area (Å²) in [4.78, 5) is 0. The van der Waals surface area contributed by atoms with Crippen molar-refractivity contribution in [3.05, 3.63) is 0 Å². The Hall–Kier alpha value is 0.0300. The molecule has 0 saturated heterocycles. The van der Waals surface area contributed by atoms with E-state index in [9.17, 15) is 0 Å². The zero-order valence-electron chi connectivity index (χ0n) is 4.01. The largest absolute Gasteiger partial charge is 0.377 e. The van der Waals surface area contributed by atoms with Gasteiger partial charge in [0.05, 0.1) is 11.4 Å². The molecule has 2 nitrogen and oxygen atoms in total. The van der Waals surface area contributed by atoms with Crippen LogP contribution in [0.15, 0.2) is 0 Å². The maximum absolute atomic E-state index is 8.55. The first kappa shape index (κ1) is 8.03. The molecule has 0 aromatic heterocycles. The van der Waals surface area contributed by atoms with Gasteiger partial charge in [0.2, 0.25) is 0 Å². The molecule has 4 heteroatoms. The third-order valence-corrected chi connectivity index (χ3v) is 1.51. The van der Waals surface area contributed by atoms with Crippen molar-refractivity contribution < 1.29 is 5.11 Å². The van der Waals surface area contributed by atoms with Crippen LogP contribution in [0.4, 0.5) is 0 Å². The van der Waals surface area contributed by atoms with Crippen LogP contribution in [0, 0.1) is 11.3 Å². The summed E-state index contributed by atoms with van der Waals surface area (Å²) in [6.07, 6.45) is -1.14. The highest BCUT2D eigenvalue weighted by Crippen LogP contribution is 2.03. The summed E-state index contributed by atoms with van der Waals surface area (Å²) in [5.74, 6) is 0.0935. The molecule has 0 radical (unpaired) electrons. The summed E-state index contributed by atoms with van der Waals surface area (Å²) < 4.78 is 0. The molecule has 0 aliphatic rings. The average Bonchev–Trinajstić information content (AvgIpc) is 1.84. The molecule has 0 aliphatic heterocycles. The van der Waals surface area contributed by atoms with Crippen LogP contribution in [0.2, 0.25) is 0 Å². The van der Waals surface area contributed by atoms with E-state index in [1.54, 1.807) is 6.07 Å². The lowest BCUT2D eigenvalue weighted by Crippen LogP contribution is -2.19. The van der Waals surface area contributed by atoms with Crippen LogP contribution in [0.25, 0.3) is 0 Å². The van der Waals surface area contributed by atoms with Gasteiger partial charge in [-0.05, 0) is 0 Å². The van der Waals surface area contributed by atoms with Crippen LogP contribution in [-0.2, 0) is 0 Å². The van der Waals surface area contributed by atoms with Crippen LogP contribution in [-0.4, -0.2) is 22.5 Å². The highest BCUT2D eigenvalue weighted by molar-refractivity contribution is 6.28. The number of aliphatic hydroxyl groups is 1.